The molecule has 3 heterocycles. The molecule has 0 unspecified atom stereocenters. The maximum Gasteiger partial charge on any atom is 0.180 e. The molecule has 0 N–H and O–H groups in total. The van der Waals surface area contributed by atoms with Gasteiger partial charge in [-0.15, -0.1) is 0 Å². The van der Waals surface area contributed by atoms with Crippen molar-refractivity contribution in [2.45, 2.75) is 5.41 Å². The number of fused-ring (bicyclic) bond motifs is 10. The summed E-state index contributed by atoms with van der Waals surface area (Å²) >= 11 is 0. The van der Waals surface area contributed by atoms with E-state index >= 15 is 0 Å². The zero-order valence-electron chi connectivity index (χ0n) is 28.8. The van der Waals surface area contributed by atoms with Crippen molar-refractivity contribution >= 4 is 45.9 Å². The third kappa shape index (κ3) is 4.04. The first kappa shape index (κ1) is 30.0. The van der Waals surface area contributed by atoms with Crippen molar-refractivity contribution in [3.63, 3.8) is 0 Å². The summed E-state index contributed by atoms with van der Waals surface area (Å²) in [7, 11) is -2.84. The Morgan fingerprint density at radius 2 is 0.792 bits per heavy atom. The zero-order valence-corrected chi connectivity index (χ0v) is 29.8. The molecule has 0 aliphatic carbocycles. The Morgan fingerprint density at radius 3 is 1.38 bits per heavy atom. The number of rotatable bonds is 3. The molecule has 3 aliphatic rings. The molecule has 8 aromatic carbocycles. The number of hydrogen-bond acceptors (Lipinski definition) is 3. The zero-order chi connectivity index (χ0) is 35.0. The lowest BCUT2D eigenvalue weighted by atomic mass is 9.63. The fourth-order valence-corrected chi connectivity index (χ4v) is 14.8. The standard InChI is InChI=1S/C49H33NO2Si/c1-3-17-35(18-4-1)53(36-19-5-2-6-20-36)47-29-15-8-22-38(47)49(39-23-9-16-30-48(39)53)37-21-7-12-26-43(37)51-44-32-31-34(33-40(44)49)50-41-24-10-13-27-45(41)52-46-28-14-11-25-42(46)50/h1-33H. The molecule has 0 radical (unpaired) electrons. The van der Waals surface area contributed by atoms with Gasteiger partial charge in [0, 0.05) is 16.8 Å². The van der Waals surface area contributed by atoms with E-state index in [4.69, 9.17) is 9.47 Å². The molecule has 4 heteroatoms. The molecule has 1 spiro atoms. The van der Waals surface area contributed by atoms with Crippen LogP contribution in [0.2, 0.25) is 0 Å². The molecule has 250 valence electrons. The summed E-state index contributed by atoms with van der Waals surface area (Å²) in [5.74, 6) is 3.40. The van der Waals surface area contributed by atoms with Gasteiger partial charge in [-0.2, -0.15) is 0 Å². The number of hydrogen-bond donors (Lipinski definition) is 0. The molecule has 0 bridgehead atoms. The molecule has 3 aliphatic heterocycles. The highest BCUT2D eigenvalue weighted by Gasteiger charge is 2.57. The molecule has 0 saturated carbocycles. The Labute approximate surface area is 310 Å². The summed E-state index contributed by atoms with van der Waals surface area (Å²) < 4.78 is 13.3. The SMILES string of the molecule is c1ccc([Si]2(c3ccccc3)c3ccccc3C3(c4ccccc4Oc4ccc(N5c6ccccc6Oc6ccccc65)cc43)c3ccccc32)cc1. The highest BCUT2D eigenvalue weighted by atomic mass is 28.3. The Morgan fingerprint density at radius 1 is 0.358 bits per heavy atom. The third-order valence-corrected chi connectivity index (χ3v) is 16.3. The van der Waals surface area contributed by atoms with Gasteiger partial charge in [0.05, 0.1) is 16.8 Å². The van der Waals surface area contributed by atoms with E-state index in [0.29, 0.717) is 0 Å². The second kappa shape index (κ2) is 11.4. The van der Waals surface area contributed by atoms with Gasteiger partial charge in [-0.1, -0.05) is 152 Å². The van der Waals surface area contributed by atoms with Gasteiger partial charge in [0.15, 0.2) is 19.6 Å². The summed E-state index contributed by atoms with van der Waals surface area (Å²) in [5, 5.41) is 5.53. The Bertz CT molecular complexity index is 2570. The summed E-state index contributed by atoms with van der Waals surface area (Å²) in [6.07, 6.45) is 0. The van der Waals surface area contributed by atoms with E-state index in [9.17, 15) is 0 Å². The van der Waals surface area contributed by atoms with Crippen LogP contribution in [0.5, 0.6) is 23.0 Å². The molecule has 53 heavy (non-hydrogen) atoms. The number of anilines is 3. The van der Waals surface area contributed by atoms with Crippen molar-refractivity contribution in [1.82, 2.24) is 0 Å². The number of nitrogens with zero attached hydrogens (tertiary/aromatic N) is 1. The summed E-state index contributed by atoms with van der Waals surface area (Å²) in [4.78, 5) is 2.33. The fraction of sp³-hybridized carbons (Fsp3) is 0.0204. The third-order valence-electron chi connectivity index (χ3n) is 11.5. The van der Waals surface area contributed by atoms with E-state index < -0.39 is 13.5 Å². The van der Waals surface area contributed by atoms with E-state index in [1.807, 2.05) is 24.3 Å². The first-order valence-electron chi connectivity index (χ1n) is 18.2. The summed E-state index contributed by atoms with van der Waals surface area (Å²) in [6, 6.07) is 72.9. The normalized spacial score (nSPS) is 15.0. The second-order valence-corrected chi connectivity index (χ2v) is 17.7. The van der Waals surface area contributed by atoms with E-state index in [0.717, 1.165) is 51.2 Å². The molecular formula is C49H33NO2Si. The molecule has 3 nitrogen and oxygen atoms in total. The van der Waals surface area contributed by atoms with E-state index in [1.54, 1.807) is 0 Å². The van der Waals surface area contributed by atoms with Gasteiger partial charge in [-0.3, -0.25) is 0 Å². The first-order chi connectivity index (χ1) is 26.3. The fourth-order valence-electron chi connectivity index (χ4n) is 9.46. The van der Waals surface area contributed by atoms with Crippen molar-refractivity contribution in [2.75, 3.05) is 4.90 Å². The van der Waals surface area contributed by atoms with E-state index in [1.165, 1.54) is 31.9 Å². The number of para-hydroxylation sites is 5. The van der Waals surface area contributed by atoms with Crippen molar-refractivity contribution in [3.05, 3.63) is 222 Å². The minimum Gasteiger partial charge on any atom is -0.457 e. The van der Waals surface area contributed by atoms with Gasteiger partial charge in [0.25, 0.3) is 0 Å². The Balaban J connectivity index is 1.27. The largest absolute Gasteiger partial charge is 0.457 e. The second-order valence-electron chi connectivity index (χ2n) is 14.0. The lowest BCUT2D eigenvalue weighted by molar-refractivity contribution is 0.435. The Hall–Kier alpha value is -6.62. The van der Waals surface area contributed by atoms with Crippen LogP contribution in [0.15, 0.2) is 200 Å². The van der Waals surface area contributed by atoms with Crippen LogP contribution >= 0.6 is 0 Å². The average Bonchev–Trinajstić information content (AvgIpc) is 3.23. The monoisotopic (exact) mass is 695 g/mol. The van der Waals surface area contributed by atoms with Gasteiger partial charge < -0.3 is 14.4 Å². The topological polar surface area (TPSA) is 21.7 Å². The van der Waals surface area contributed by atoms with Gasteiger partial charge >= 0.3 is 0 Å². The first-order valence-corrected chi connectivity index (χ1v) is 20.2. The van der Waals surface area contributed by atoms with Crippen molar-refractivity contribution < 1.29 is 9.47 Å². The molecule has 0 amide bonds. The molecule has 0 aromatic heterocycles. The highest BCUT2D eigenvalue weighted by Crippen LogP contribution is 2.58. The minimum absolute atomic E-state index is 0.668. The van der Waals surface area contributed by atoms with Crippen LogP contribution in [-0.2, 0) is 5.41 Å². The number of benzene rings is 8. The Kier molecular flexibility index (Phi) is 6.49. The minimum atomic E-state index is -2.84. The van der Waals surface area contributed by atoms with Crippen molar-refractivity contribution in [3.8, 4) is 23.0 Å². The van der Waals surface area contributed by atoms with Crippen LogP contribution < -0.4 is 35.1 Å². The van der Waals surface area contributed by atoms with Gasteiger partial charge in [0.1, 0.15) is 11.5 Å². The van der Waals surface area contributed by atoms with Gasteiger partial charge in [0.2, 0.25) is 0 Å². The van der Waals surface area contributed by atoms with Crippen LogP contribution in [0.3, 0.4) is 0 Å². The maximum atomic E-state index is 6.91. The molecule has 0 saturated heterocycles. The van der Waals surface area contributed by atoms with Crippen molar-refractivity contribution in [1.29, 1.82) is 0 Å². The van der Waals surface area contributed by atoms with Crippen LogP contribution in [0.4, 0.5) is 17.1 Å². The number of ether oxygens (including phenoxy) is 2. The van der Waals surface area contributed by atoms with Crippen LogP contribution in [-0.4, -0.2) is 8.07 Å². The molecule has 8 aromatic rings. The predicted molar refractivity (Wildman–Crippen MR) is 217 cm³/mol. The average molecular weight is 696 g/mol. The van der Waals surface area contributed by atoms with Crippen LogP contribution in [0.25, 0.3) is 0 Å². The summed E-state index contributed by atoms with van der Waals surface area (Å²) in [6.45, 7) is 0. The van der Waals surface area contributed by atoms with Crippen molar-refractivity contribution in [2.24, 2.45) is 0 Å². The molecule has 11 rings (SSSR count). The lowest BCUT2D eigenvalue weighted by Gasteiger charge is -2.51. The van der Waals surface area contributed by atoms with Crippen LogP contribution in [0.1, 0.15) is 22.3 Å². The molecular weight excluding hydrogens is 663 g/mol. The smallest absolute Gasteiger partial charge is 0.180 e. The predicted octanol–water partition coefficient (Wildman–Crippen LogP) is 9.44. The van der Waals surface area contributed by atoms with E-state index in [-0.39, 0.29) is 0 Å². The summed E-state index contributed by atoms with van der Waals surface area (Å²) in [5.41, 5.74) is 7.26. The highest BCUT2D eigenvalue weighted by molar-refractivity contribution is 7.20. The lowest BCUT2D eigenvalue weighted by Crippen LogP contribution is -2.79. The van der Waals surface area contributed by atoms with Crippen LogP contribution in [0, 0.1) is 0 Å². The molecule has 0 fully saturated rings. The molecule has 0 atom stereocenters. The van der Waals surface area contributed by atoms with E-state index in [2.05, 4.69) is 181 Å². The van der Waals surface area contributed by atoms with Gasteiger partial charge in [-0.25, -0.2) is 0 Å². The van der Waals surface area contributed by atoms with Gasteiger partial charge in [-0.05, 0) is 80.4 Å². The maximum absolute atomic E-state index is 6.91. The quantitative estimate of drug-likeness (QED) is 0.172.